The average molecular weight is 358 g/mol. The van der Waals surface area contributed by atoms with Crippen LogP contribution >= 0.6 is 0 Å². The van der Waals surface area contributed by atoms with Crippen LogP contribution in [0, 0.1) is 0 Å². The van der Waals surface area contributed by atoms with Crippen LogP contribution in [0.25, 0.3) is 0 Å². The van der Waals surface area contributed by atoms with E-state index in [1.165, 1.54) is 5.56 Å². The first-order chi connectivity index (χ1) is 12.4. The number of hydrogen-bond acceptors (Lipinski definition) is 5. The summed E-state index contributed by atoms with van der Waals surface area (Å²) >= 11 is 0. The van der Waals surface area contributed by atoms with Crippen LogP contribution in [-0.4, -0.2) is 35.1 Å². The van der Waals surface area contributed by atoms with Gasteiger partial charge in [-0.3, -0.25) is 0 Å². The van der Waals surface area contributed by atoms with Gasteiger partial charge in [-0.25, -0.2) is 0 Å². The predicted molar refractivity (Wildman–Crippen MR) is 101 cm³/mol. The number of nitrogens with one attached hydrogen (secondary N) is 1. The summed E-state index contributed by atoms with van der Waals surface area (Å²) in [6.45, 7) is 7.74. The first-order valence-electron chi connectivity index (χ1n) is 9.46. The van der Waals surface area contributed by atoms with Gasteiger partial charge in [-0.1, -0.05) is 56.3 Å². The lowest BCUT2D eigenvalue weighted by Crippen LogP contribution is -2.45. The SMILES string of the molecule is CC(C)(C)c1cc(CC2CCC(O)C(CNCc3ccccc3)O2)no1. The minimum atomic E-state index is -0.419. The Morgan fingerprint density at radius 3 is 2.65 bits per heavy atom. The predicted octanol–water partition coefficient (Wildman–Crippen LogP) is 3.21. The molecule has 0 bridgehead atoms. The van der Waals surface area contributed by atoms with Crippen molar-refractivity contribution >= 4 is 0 Å². The van der Waals surface area contributed by atoms with Gasteiger partial charge in [-0.2, -0.15) is 0 Å². The van der Waals surface area contributed by atoms with E-state index in [4.69, 9.17) is 9.26 Å². The Balaban J connectivity index is 1.50. The first kappa shape index (κ1) is 19.1. The van der Waals surface area contributed by atoms with Gasteiger partial charge in [0.2, 0.25) is 0 Å². The van der Waals surface area contributed by atoms with Crippen molar-refractivity contribution in [3.8, 4) is 0 Å². The largest absolute Gasteiger partial charge is 0.390 e. The fourth-order valence-electron chi connectivity index (χ4n) is 3.23. The molecular formula is C21H30N2O3. The summed E-state index contributed by atoms with van der Waals surface area (Å²) in [6, 6.07) is 12.3. The molecule has 1 aromatic carbocycles. The van der Waals surface area contributed by atoms with Gasteiger partial charge in [-0.15, -0.1) is 0 Å². The highest BCUT2D eigenvalue weighted by Gasteiger charge is 2.30. The molecule has 0 saturated carbocycles. The lowest BCUT2D eigenvalue weighted by atomic mass is 9.92. The van der Waals surface area contributed by atoms with Gasteiger partial charge in [0.25, 0.3) is 0 Å². The molecule has 1 saturated heterocycles. The molecule has 1 aliphatic rings. The zero-order valence-corrected chi connectivity index (χ0v) is 15.9. The Hall–Kier alpha value is -1.69. The van der Waals surface area contributed by atoms with Crippen molar-refractivity contribution in [2.24, 2.45) is 0 Å². The van der Waals surface area contributed by atoms with E-state index in [9.17, 15) is 5.11 Å². The molecule has 2 N–H and O–H groups in total. The van der Waals surface area contributed by atoms with Crippen LogP contribution < -0.4 is 5.32 Å². The second-order valence-electron chi connectivity index (χ2n) is 8.19. The quantitative estimate of drug-likeness (QED) is 0.830. The third-order valence-electron chi connectivity index (χ3n) is 4.83. The van der Waals surface area contributed by atoms with Crippen LogP contribution in [0.2, 0.25) is 0 Å². The highest BCUT2D eigenvalue weighted by molar-refractivity contribution is 5.15. The maximum Gasteiger partial charge on any atom is 0.142 e. The number of ether oxygens (including phenoxy) is 1. The molecule has 0 amide bonds. The highest BCUT2D eigenvalue weighted by Crippen LogP contribution is 2.26. The molecule has 0 spiro atoms. The molecule has 0 aliphatic carbocycles. The van der Waals surface area contributed by atoms with E-state index in [0.29, 0.717) is 6.54 Å². The summed E-state index contributed by atoms with van der Waals surface area (Å²) in [5, 5.41) is 17.8. The Kier molecular flexibility index (Phi) is 6.12. The van der Waals surface area contributed by atoms with Crippen LogP contribution in [0.15, 0.2) is 40.9 Å². The number of nitrogens with zero attached hydrogens (tertiary/aromatic N) is 1. The average Bonchev–Trinajstić information content (AvgIpc) is 3.07. The molecule has 26 heavy (non-hydrogen) atoms. The maximum atomic E-state index is 10.3. The van der Waals surface area contributed by atoms with E-state index in [1.807, 2.05) is 24.3 Å². The van der Waals surface area contributed by atoms with Crippen molar-refractivity contribution in [3.63, 3.8) is 0 Å². The van der Waals surface area contributed by atoms with Crippen molar-refractivity contribution in [2.75, 3.05) is 6.54 Å². The van der Waals surface area contributed by atoms with Gasteiger partial charge >= 0.3 is 0 Å². The smallest absolute Gasteiger partial charge is 0.142 e. The molecule has 2 aromatic rings. The Morgan fingerprint density at radius 2 is 1.96 bits per heavy atom. The van der Waals surface area contributed by atoms with Gasteiger partial charge < -0.3 is 19.7 Å². The van der Waals surface area contributed by atoms with Crippen molar-refractivity contribution in [3.05, 3.63) is 53.4 Å². The van der Waals surface area contributed by atoms with E-state index >= 15 is 0 Å². The fraction of sp³-hybridized carbons (Fsp3) is 0.571. The van der Waals surface area contributed by atoms with E-state index < -0.39 is 6.10 Å². The van der Waals surface area contributed by atoms with Gasteiger partial charge in [0.05, 0.1) is 24.0 Å². The van der Waals surface area contributed by atoms with Crippen LogP contribution in [0.1, 0.15) is 50.6 Å². The minimum Gasteiger partial charge on any atom is -0.390 e. The van der Waals surface area contributed by atoms with E-state index in [1.54, 1.807) is 0 Å². The van der Waals surface area contributed by atoms with E-state index in [-0.39, 0.29) is 17.6 Å². The van der Waals surface area contributed by atoms with Crippen LogP contribution in [-0.2, 0) is 23.1 Å². The number of hydrogen-bond donors (Lipinski definition) is 2. The number of benzene rings is 1. The highest BCUT2D eigenvalue weighted by atomic mass is 16.5. The molecule has 3 rings (SSSR count). The molecule has 3 atom stereocenters. The van der Waals surface area contributed by atoms with Crippen molar-refractivity contribution < 1.29 is 14.4 Å². The molecular weight excluding hydrogens is 328 g/mol. The number of rotatable bonds is 6. The zero-order chi connectivity index (χ0) is 18.6. The van der Waals surface area contributed by atoms with Crippen LogP contribution in [0.5, 0.6) is 0 Å². The number of aromatic nitrogens is 1. The number of aliphatic hydroxyl groups excluding tert-OH is 1. The second kappa shape index (κ2) is 8.33. The maximum absolute atomic E-state index is 10.3. The molecule has 1 fully saturated rings. The number of aliphatic hydroxyl groups is 1. The standard InChI is InChI=1S/C21H30N2O3/c1-21(2,3)20-12-16(23-26-20)11-17-9-10-18(24)19(25-17)14-22-13-15-7-5-4-6-8-15/h4-8,12,17-19,22,24H,9-11,13-14H2,1-3H3. The lowest BCUT2D eigenvalue weighted by molar-refractivity contribution is -0.115. The first-order valence-corrected chi connectivity index (χ1v) is 9.46. The summed E-state index contributed by atoms with van der Waals surface area (Å²) in [5.74, 6) is 0.893. The molecule has 5 heteroatoms. The summed E-state index contributed by atoms with van der Waals surface area (Å²) in [7, 11) is 0. The Bertz CT molecular complexity index is 678. The van der Waals surface area contributed by atoms with Crippen molar-refractivity contribution in [2.45, 2.75) is 70.3 Å². The third kappa shape index (κ3) is 5.16. The van der Waals surface area contributed by atoms with Crippen molar-refractivity contribution in [1.82, 2.24) is 10.5 Å². The molecule has 1 aliphatic heterocycles. The summed E-state index contributed by atoms with van der Waals surface area (Å²) in [4.78, 5) is 0. The molecule has 1 aromatic heterocycles. The van der Waals surface area contributed by atoms with Crippen molar-refractivity contribution in [1.29, 1.82) is 0 Å². The lowest BCUT2D eigenvalue weighted by Gasteiger charge is -2.34. The topological polar surface area (TPSA) is 67.5 Å². The third-order valence-corrected chi connectivity index (χ3v) is 4.83. The molecule has 3 unspecified atom stereocenters. The second-order valence-corrected chi connectivity index (χ2v) is 8.19. The van der Waals surface area contributed by atoms with Gasteiger partial charge in [-0.05, 0) is 18.4 Å². The van der Waals surface area contributed by atoms with Crippen LogP contribution in [0.4, 0.5) is 0 Å². The fourth-order valence-corrected chi connectivity index (χ4v) is 3.23. The normalized spacial score (nSPS) is 23.9. The molecule has 0 radical (unpaired) electrons. The van der Waals surface area contributed by atoms with Crippen LogP contribution in [0.3, 0.4) is 0 Å². The molecule has 5 nitrogen and oxygen atoms in total. The summed E-state index contributed by atoms with van der Waals surface area (Å²) in [6.07, 6.45) is 1.78. The van der Waals surface area contributed by atoms with Gasteiger partial charge in [0.1, 0.15) is 5.76 Å². The zero-order valence-electron chi connectivity index (χ0n) is 15.9. The van der Waals surface area contributed by atoms with E-state index in [2.05, 4.69) is 43.4 Å². The Morgan fingerprint density at radius 1 is 1.19 bits per heavy atom. The summed E-state index contributed by atoms with van der Waals surface area (Å²) in [5.41, 5.74) is 2.11. The minimum absolute atomic E-state index is 0.0429. The van der Waals surface area contributed by atoms with Gasteiger partial charge in [0, 0.05) is 31.0 Å². The Labute approximate surface area is 155 Å². The summed E-state index contributed by atoms with van der Waals surface area (Å²) < 4.78 is 11.6. The van der Waals surface area contributed by atoms with Gasteiger partial charge in [0.15, 0.2) is 0 Å². The molecule has 142 valence electrons. The monoisotopic (exact) mass is 358 g/mol. The van der Waals surface area contributed by atoms with E-state index in [0.717, 1.165) is 37.3 Å². The molecule has 2 heterocycles.